The fourth-order valence-electron chi connectivity index (χ4n) is 9.01. The van der Waals surface area contributed by atoms with Crippen LogP contribution in [0.4, 0.5) is 4.39 Å². The van der Waals surface area contributed by atoms with Gasteiger partial charge >= 0.3 is 11.9 Å². The summed E-state index contributed by atoms with van der Waals surface area (Å²) in [4.78, 5) is 53.3. The van der Waals surface area contributed by atoms with Gasteiger partial charge in [-0.15, -0.1) is 10.1 Å². The van der Waals surface area contributed by atoms with Crippen LogP contribution < -0.4 is 0 Å². The lowest BCUT2D eigenvalue weighted by molar-refractivity contribution is -0.782. The number of alkyl halides is 1. The molecule has 4 fully saturated rings. The van der Waals surface area contributed by atoms with E-state index in [2.05, 4.69) is 0 Å². The van der Waals surface area contributed by atoms with E-state index in [1.165, 1.54) is 13.8 Å². The average Bonchev–Trinajstić information content (AvgIpc) is 3.00. The van der Waals surface area contributed by atoms with Gasteiger partial charge in [-0.3, -0.25) is 19.2 Å². The molecule has 0 N–H and O–H groups in total. The Balaban J connectivity index is 1.67. The molecule has 202 valence electrons. The van der Waals surface area contributed by atoms with Gasteiger partial charge in [0.25, 0.3) is 5.09 Å². The van der Waals surface area contributed by atoms with E-state index < -0.39 is 51.5 Å². The summed E-state index contributed by atoms with van der Waals surface area (Å²) in [6.45, 7) is 7.54. The van der Waals surface area contributed by atoms with E-state index in [-0.39, 0.29) is 42.7 Å². The molecule has 0 aromatic heterocycles. The SMILES string of the molecule is CC(=O)OCC(=O)[C@@]1(O[N+](=O)[O-])C(C)C[C@H]2[C@@H]3CCC4CC(OC(C)=O)CC[C@]4(C)[C@@]3(F)CC[C@@]21C. The molecule has 0 radical (unpaired) electrons. The van der Waals surface area contributed by atoms with E-state index in [4.69, 9.17) is 14.3 Å². The molecule has 0 amide bonds. The minimum absolute atomic E-state index is 0.0745. The second-order valence-electron chi connectivity index (χ2n) is 12.1. The van der Waals surface area contributed by atoms with Crippen molar-refractivity contribution in [3.63, 3.8) is 0 Å². The van der Waals surface area contributed by atoms with E-state index >= 15 is 4.39 Å². The van der Waals surface area contributed by atoms with Gasteiger partial charge in [0.15, 0.2) is 12.2 Å². The number of ether oxygens (including phenoxy) is 2. The normalized spacial score (nSPS) is 45.4. The first-order valence-electron chi connectivity index (χ1n) is 13.1. The van der Waals surface area contributed by atoms with Crippen LogP contribution in [0.3, 0.4) is 0 Å². The van der Waals surface area contributed by atoms with Crippen molar-refractivity contribution in [3.8, 4) is 0 Å². The number of Topliss-reactive ketones (excluding diaryl/α,β-unsaturated/α-hetero) is 1. The van der Waals surface area contributed by atoms with Gasteiger partial charge in [-0.1, -0.05) is 20.8 Å². The van der Waals surface area contributed by atoms with Crippen LogP contribution in [0.5, 0.6) is 0 Å². The van der Waals surface area contributed by atoms with Crippen molar-refractivity contribution in [1.29, 1.82) is 0 Å². The number of rotatable bonds is 6. The van der Waals surface area contributed by atoms with Crippen LogP contribution in [0.1, 0.15) is 86.0 Å². The minimum Gasteiger partial charge on any atom is -0.463 e. The summed E-state index contributed by atoms with van der Waals surface area (Å²) in [5, 5.41) is 10.7. The first-order valence-corrected chi connectivity index (χ1v) is 13.1. The predicted octanol–water partition coefficient (Wildman–Crippen LogP) is 4.38. The minimum atomic E-state index is -1.80. The van der Waals surface area contributed by atoms with E-state index in [1.807, 2.05) is 13.8 Å². The molecular weight excluding hydrogens is 473 g/mol. The van der Waals surface area contributed by atoms with Gasteiger partial charge in [-0.25, -0.2) is 4.39 Å². The number of hydrogen-bond acceptors (Lipinski definition) is 8. The van der Waals surface area contributed by atoms with Gasteiger partial charge in [0.1, 0.15) is 11.8 Å². The Morgan fingerprint density at radius 1 is 0.972 bits per heavy atom. The highest BCUT2D eigenvalue weighted by molar-refractivity contribution is 5.91. The van der Waals surface area contributed by atoms with Crippen LogP contribution in [0.2, 0.25) is 0 Å². The van der Waals surface area contributed by atoms with Gasteiger partial charge in [-0.2, -0.15) is 0 Å². The molecule has 3 unspecified atom stereocenters. The van der Waals surface area contributed by atoms with Crippen molar-refractivity contribution in [2.24, 2.45) is 34.5 Å². The maximum absolute atomic E-state index is 17.4. The Bertz CT molecular complexity index is 958. The Kier molecular flexibility index (Phi) is 6.65. The van der Waals surface area contributed by atoms with Gasteiger partial charge in [0, 0.05) is 24.7 Å². The van der Waals surface area contributed by atoms with Crippen LogP contribution in [-0.2, 0) is 28.7 Å². The first kappa shape index (κ1) is 26.8. The number of esters is 2. The number of halogens is 1. The van der Waals surface area contributed by atoms with Crippen LogP contribution >= 0.6 is 0 Å². The zero-order valence-corrected chi connectivity index (χ0v) is 21.8. The molecule has 36 heavy (non-hydrogen) atoms. The highest BCUT2D eigenvalue weighted by Gasteiger charge is 2.75. The molecule has 0 heterocycles. The van der Waals surface area contributed by atoms with Gasteiger partial charge in [0.2, 0.25) is 5.78 Å². The topological polar surface area (TPSA) is 122 Å². The lowest BCUT2D eigenvalue weighted by Gasteiger charge is -2.64. The van der Waals surface area contributed by atoms with Gasteiger partial charge < -0.3 is 9.47 Å². The predicted molar refractivity (Wildman–Crippen MR) is 125 cm³/mol. The van der Waals surface area contributed by atoms with Crippen molar-refractivity contribution in [2.45, 2.75) is 103 Å². The van der Waals surface area contributed by atoms with E-state index in [9.17, 15) is 24.5 Å². The maximum Gasteiger partial charge on any atom is 0.303 e. The molecular formula is C26H38FNO8. The maximum atomic E-state index is 17.4. The third kappa shape index (κ3) is 3.72. The Hall–Kier alpha value is -2.26. The summed E-state index contributed by atoms with van der Waals surface area (Å²) >= 11 is 0. The fourth-order valence-corrected chi connectivity index (χ4v) is 9.01. The molecule has 0 bridgehead atoms. The Morgan fingerprint density at radius 2 is 1.67 bits per heavy atom. The molecule has 0 aromatic rings. The molecule has 10 heteroatoms. The molecule has 9 atom stereocenters. The van der Waals surface area contributed by atoms with Crippen LogP contribution in [0.15, 0.2) is 0 Å². The summed E-state index contributed by atoms with van der Waals surface area (Å²) in [5.41, 5.74) is -4.88. The summed E-state index contributed by atoms with van der Waals surface area (Å²) in [6, 6.07) is 0. The zero-order valence-electron chi connectivity index (χ0n) is 21.8. The third-order valence-corrected chi connectivity index (χ3v) is 10.6. The quantitative estimate of drug-likeness (QED) is 0.293. The van der Waals surface area contributed by atoms with Crippen molar-refractivity contribution in [1.82, 2.24) is 0 Å². The number of carbonyl (C=O) groups excluding carboxylic acids is 3. The zero-order chi connectivity index (χ0) is 26.7. The number of ketones is 1. The van der Waals surface area contributed by atoms with Crippen molar-refractivity contribution < 1.29 is 38.2 Å². The molecule has 0 spiro atoms. The third-order valence-electron chi connectivity index (χ3n) is 10.6. The standard InChI is InChI=1S/C26H38FNO8/c1-15-12-21-20-7-6-18-13-19(35-17(3)30)8-9-23(18,4)25(20,27)11-10-24(21,5)26(15,36-28(32)33)22(31)14-34-16(2)29/h15,18-21H,6-14H2,1-5H3/t15?,18?,19?,20-,21-,23-,24-,25+,26-/m0/s1. The molecule has 4 saturated carbocycles. The smallest absolute Gasteiger partial charge is 0.303 e. The molecule has 0 aliphatic heterocycles. The van der Waals surface area contributed by atoms with Crippen LogP contribution in [0.25, 0.3) is 0 Å². The van der Waals surface area contributed by atoms with Gasteiger partial charge in [0.05, 0.1) is 0 Å². The monoisotopic (exact) mass is 511 g/mol. The average molecular weight is 512 g/mol. The van der Waals surface area contributed by atoms with Crippen LogP contribution in [0, 0.1) is 44.6 Å². The number of hydrogen-bond donors (Lipinski definition) is 0. The highest BCUT2D eigenvalue weighted by atomic mass is 19.1. The number of fused-ring (bicyclic) bond motifs is 5. The lowest BCUT2D eigenvalue weighted by atomic mass is 9.42. The molecule has 4 aliphatic carbocycles. The van der Waals surface area contributed by atoms with Crippen molar-refractivity contribution in [3.05, 3.63) is 10.1 Å². The fraction of sp³-hybridized carbons (Fsp3) is 0.885. The van der Waals surface area contributed by atoms with Crippen LogP contribution in [-0.4, -0.2) is 46.8 Å². The molecule has 0 saturated heterocycles. The molecule has 4 rings (SSSR count). The lowest BCUT2D eigenvalue weighted by Crippen LogP contribution is -2.67. The molecule has 4 aliphatic rings. The van der Waals surface area contributed by atoms with E-state index in [1.54, 1.807) is 6.92 Å². The Morgan fingerprint density at radius 3 is 2.28 bits per heavy atom. The summed E-state index contributed by atoms with van der Waals surface area (Å²) in [5.74, 6) is -2.76. The first-order chi connectivity index (χ1) is 16.7. The summed E-state index contributed by atoms with van der Waals surface area (Å²) < 4.78 is 27.8. The summed E-state index contributed by atoms with van der Waals surface area (Å²) in [6.07, 6.45) is 3.88. The Labute approximate surface area is 210 Å². The van der Waals surface area contributed by atoms with E-state index in [0.29, 0.717) is 32.1 Å². The van der Waals surface area contributed by atoms with Gasteiger partial charge in [-0.05, 0) is 75.0 Å². The van der Waals surface area contributed by atoms with Crippen molar-refractivity contribution >= 4 is 17.7 Å². The largest absolute Gasteiger partial charge is 0.463 e. The second-order valence-corrected chi connectivity index (χ2v) is 12.1. The molecule has 0 aromatic carbocycles. The van der Waals surface area contributed by atoms with Crippen molar-refractivity contribution in [2.75, 3.05) is 6.61 Å². The summed E-state index contributed by atoms with van der Waals surface area (Å²) in [7, 11) is 0. The number of carbonyl (C=O) groups is 3. The molecule has 9 nitrogen and oxygen atoms in total. The number of nitrogens with zero attached hydrogens (tertiary/aromatic N) is 1. The van der Waals surface area contributed by atoms with E-state index in [0.717, 1.165) is 6.42 Å². The second kappa shape index (κ2) is 8.94. The highest BCUT2D eigenvalue weighted by Crippen LogP contribution is 2.72.